The third-order valence-corrected chi connectivity index (χ3v) is 3.88. The van der Waals surface area contributed by atoms with Crippen molar-refractivity contribution in [3.05, 3.63) is 41.5 Å². The lowest BCUT2D eigenvalue weighted by molar-refractivity contribution is -0.136. The van der Waals surface area contributed by atoms with Crippen molar-refractivity contribution >= 4 is 22.3 Å². The molecule has 0 spiro atoms. The van der Waals surface area contributed by atoms with E-state index in [1.165, 1.54) is 11.3 Å². The molecule has 3 aromatic rings. The molecule has 0 amide bonds. The highest BCUT2D eigenvalue weighted by atomic mass is 32.1. The first-order chi connectivity index (χ1) is 10.2. The molecule has 0 radical (unpaired) electrons. The number of hydrogen-bond donors (Lipinski definition) is 1. The highest BCUT2D eigenvalue weighted by Gasteiger charge is 2.17. The number of imidazole rings is 1. The van der Waals surface area contributed by atoms with Crippen LogP contribution in [-0.2, 0) is 11.2 Å². The summed E-state index contributed by atoms with van der Waals surface area (Å²) in [6, 6.07) is 7.55. The van der Waals surface area contributed by atoms with Crippen molar-refractivity contribution in [2.24, 2.45) is 0 Å². The molecule has 108 valence electrons. The van der Waals surface area contributed by atoms with Gasteiger partial charge in [-0.2, -0.15) is 0 Å². The second-order valence-corrected chi connectivity index (χ2v) is 5.36. The zero-order valence-corrected chi connectivity index (χ0v) is 12.3. The Labute approximate surface area is 125 Å². The average Bonchev–Trinajstić information content (AvgIpc) is 3.03. The fourth-order valence-electron chi connectivity index (χ4n) is 2.25. The van der Waals surface area contributed by atoms with Gasteiger partial charge in [0.2, 0.25) is 0 Å². The molecule has 0 aliphatic heterocycles. The van der Waals surface area contributed by atoms with E-state index in [1.807, 2.05) is 47.2 Å². The molecule has 21 heavy (non-hydrogen) atoms. The Morgan fingerprint density at radius 3 is 2.81 bits per heavy atom. The van der Waals surface area contributed by atoms with Crippen molar-refractivity contribution in [2.45, 2.75) is 13.3 Å². The smallest absolute Gasteiger partial charge is 0.309 e. The van der Waals surface area contributed by atoms with E-state index in [4.69, 9.17) is 9.84 Å². The SMILES string of the molecule is CCOc1ccc(-c2nc3sccn3c2CC(=O)O)cc1. The Bertz CT molecular complexity index is 774. The van der Waals surface area contributed by atoms with Crippen molar-refractivity contribution in [2.75, 3.05) is 6.61 Å². The zero-order chi connectivity index (χ0) is 14.8. The molecule has 0 atom stereocenters. The molecule has 0 bridgehead atoms. The molecule has 0 aliphatic rings. The molecular formula is C15H14N2O3S. The van der Waals surface area contributed by atoms with Crippen LogP contribution in [0, 0.1) is 0 Å². The monoisotopic (exact) mass is 302 g/mol. The van der Waals surface area contributed by atoms with Crippen LogP contribution in [0.2, 0.25) is 0 Å². The van der Waals surface area contributed by atoms with Crippen LogP contribution in [0.25, 0.3) is 16.2 Å². The maximum Gasteiger partial charge on any atom is 0.309 e. The average molecular weight is 302 g/mol. The Morgan fingerprint density at radius 2 is 2.14 bits per heavy atom. The van der Waals surface area contributed by atoms with Crippen molar-refractivity contribution in [3.63, 3.8) is 0 Å². The van der Waals surface area contributed by atoms with Gasteiger partial charge in [-0.3, -0.25) is 9.20 Å². The lowest BCUT2D eigenvalue weighted by Gasteiger charge is -2.05. The van der Waals surface area contributed by atoms with Crippen LogP contribution in [-0.4, -0.2) is 27.1 Å². The summed E-state index contributed by atoms with van der Waals surface area (Å²) in [4.78, 5) is 16.4. The number of nitrogens with zero attached hydrogens (tertiary/aromatic N) is 2. The number of ether oxygens (including phenoxy) is 1. The first-order valence-corrected chi connectivity index (χ1v) is 7.46. The molecule has 2 aromatic heterocycles. The van der Waals surface area contributed by atoms with Gasteiger partial charge in [-0.05, 0) is 31.2 Å². The normalized spacial score (nSPS) is 10.9. The van der Waals surface area contributed by atoms with E-state index in [1.54, 1.807) is 0 Å². The highest BCUT2D eigenvalue weighted by Crippen LogP contribution is 2.28. The Morgan fingerprint density at radius 1 is 1.38 bits per heavy atom. The predicted molar refractivity (Wildman–Crippen MR) is 81.0 cm³/mol. The topological polar surface area (TPSA) is 63.8 Å². The molecule has 0 saturated heterocycles. The van der Waals surface area contributed by atoms with Crippen molar-refractivity contribution in [1.82, 2.24) is 9.38 Å². The number of aliphatic carboxylic acids is 1. The number of hydrogen-bond acceptors (Lipinski definition) is 4. The van der Waals surface area contributed by atoms with Gasteiger partial charge in [0.15, 0.2) is 4.96 Å². The number of benzene rings is 1. The molecule has 6 heteroatoms. The summed E-state index contributed by atoms with van der Waals surface area (Å²) in [5.74, 6) is -0.0720. The first-order valence-electron chi connectivity index (χ1n) is 6.58. The molecule has 0 unspecified atom stereocenters. The van der Waals surface area contributed by atoms with Gasteiger partial charge < -0.3 is 9.84 Å². The van der Waals surface area contributed by atoms with E-state index in [2.05, 4.69) is 4.98 Å². The van der Waals surface area contributed by atoms with E-state index in [9.17, 15) is 4.79 Å². The van der Waals surface area contributed by atoms with Gasteiger partial charge in [-0.15, -0.1) is 11.3 Å². The Hall–Kier alpha value is -2.34. The molecule has 3 rings (SSSR count). The quantitative estimate of drug-likeness (QED) is 0.786. The number of fused-ring (bicyclic) bond motifs is 1. The zero-order valence-electron chi connectivity index (χ0n) is 11.4. The minimum Gasteiger partial charge on any atom is -0.494 e. The lowest BCUT2D eigenvalue weighted by atomic mass is 10.1. The van der Waals surface area contributed by atoms with Gasteiger partial charge in [0.25, 0.3) is 0 Å². The number of carboxylic acids is 1. The summed E-state index contributed by atoms with van der Waals surface area (Å²) in [5, 5.41) is 11.0. The number of thiazole rings is 1. The Balaban J connectivity index is 2.05. The number of aromatic nitrogens is 2. The lowest BCUT2D eigenvalue weighted by Crippen LogP contribution is -2.04. The van der Waals surface area contributed by atoms with Crippen molar-refractivity contribution < 1.29 is 14.6 Å². The fraction of sp³-hybridized carbons (Fsp3) is 0.200. The van der Waals surface area contributed by atoms with Gasteiger partial charge in [0.05, 0.1) is 24.4 Å². The van der Waals surface area contributed by atoms with Crippen LogP contribution in [0.3, 0.4) is 0 Å². The van der Waals surface area contributed by atoms with Gasteiger partial charge in [0.1, 0.15) is 5.75 Å². The van der Waals surface area contributed by atoms with Crippen LogP contribution in [0.4, 0.5) is 0 Å². The van der Waals surface area contributed by atoms with E-state index in [-0.39, 0.29) is 6.42 Å². The minimum absolute atomic E-state index is 0.0551. The maximum atomic E-state index is 11.1. The summed E-state index contributed by atoms with van der Waals surface area (Å²) in [6.07, 6.45) is 1.80. The van der Waals surface area contributed by atoms with Crippen LogP contribution >= 0.6 is 11.3 Å². The van der Waals surface area contributed by atoms with Crippen LogP contribution in [0.5, 0.6) is 5.75 Å². The molecule has 5 nitrogen and oxygen atoms in total. The molecule has 1 N–H and O–H groups in total. The first kappa shape index (κ1) is 13.6. The maximum absolute atomic E-state index is 11.1. The van der Waals surface area contributed by atoms with E-state index >= 15 is 0 Å². The number of rotatable bonds is 5. The third kappa shape index (κ3) is 2.62. The molecule has 2 heterocycles. The van der Waals surface area contributed by atoms with Gasteiger partial charge in [0, 0.05) is 17.1 Å². The van der Waals surface area contributed by atoms with Gasteiger partial charge >= 0.3 is 5.97 Å². The summed E-state index contributed by atoms with van der Waals surface area (Å²) in [5.41, 5.74) is 2.31. The predicted octanol–water partition coefficient (Wildman–Crippen LogP) is 3.09. The molecule has 0 saturated carbocycles. The second-order valence-electron chi connectivity index (χ2n) is 4.49. The molecular weight excluding hydrogens is 288 g/mol. The molecule has 0 aliphatic carbocycles. The minimum atomic E-state index is -0.866. The summed E-state index contributed by atoms with van der Waals surface area (Å²) >= 11 is 1.49. The van der Waals surface area contributed by atoms with Gasteiger partial charge in [-0.1, -0.05) is 0 Å². The van der Waals surface area contributed by atoms with Crippen molar-refractivity contribution in [1.29, 1.82) is 0 Å². The number of carboxylic acid groups (broad SMARTS) is 1. The molecule has 0 fully saturated rings. The van der Waals surface area contributed by atoms with Crippen molar-refractivity contribution in [3.8, 4) is 17.0 Å². The van der Waals surface area contributed by atoms with E-state index in [0.29, 0.717) is 18.0 Å². The number of carbonyl (C=O) groups is 1. The standard InChI is InChI=1S/C15H14N2O3S/c1-2-20-11-5-3-10(4-6-11)14-12(9-13(18)19)17-7-8-21-15(17)16-14/h3-8H,2,9H2,1H3,(H,18,19). The van der Waals surface area contributed by atoms with Crippen LogP contribution < -0.4 is 4.74 Å². The second kappa shape index (κ2) is 5.57. The van der Waals surface area contributed by atoms with E-state index < -0.39 is 5.97 Å². The van der Waals surface area contributed by atoms with Crippen LogP contribution in [0.1, 0.15) is 12.6 Å². The Kier molecular flexibility index (Phi) is 3.62. The summed E-state index contributed by atoms with van der Waals surface area (Å²) in [6.45, 7) is 2.55. The fourth-order valence-corrected chi connectivity index (χ4v) is 2.98. The highest BCUT2D eigenvalue weighted by molar-refractivity contribution is 7.15. The van der Waals surface area contributed by atoms with Gasteiger partial charge in [-0.25, -0.2) is 4.98 Å². The molecule has 1 aromatic carbocycles. The third-order valence-electron chi connectivity index (χ3n) is 3.12. The summed E-state index contributed by atoms with van der Waals surface area (Å²) < 4.78 is 7.26. The van der Waals surface area contributed by atoms with Crippen LogP contribution in [0.15, 0.2) is 35.8 Å². The van der Waals surface area contributed by atoms with E-state index in [0.717, 1.165) is 16.3 Å². The summed E-state index contributed by atoms with van der Waals surface area (Å²) in [7, 11) is 0. The largest absolute Gasteiger partial charge is 0.494 e.